The summed E-state index contributed by atoms with van der Waals surface area (Å²) in [5.74, 6) is -0.358. The highest BCUT2D eigenvalue weighted by Gasteiger charge is 2.17. The lowest BCUT2D eigenvalue weighted by Crippen LogP contribution is -2.29. The minimum atomic E-state index is -0.358. The van der Waals surface area contributed by atoms with Gasteiger partial charge in [0.1, 0.15) is 0 Å². The first-order chi connectivity index (χ1) is 9.29. The quantitative estimate of drug-likeness (QED) is 0.852. The average Bonchev–Trinajstić information content (AvgIpc) is 2.90. The molecule has 3 rings (SSSR count). The molecule has 0 saturated carbocycles. The molecule has 0 amide bonds. The molecule has 1 aliphatic heterocycles. The second kappa shape index (κ2) is 5.27. The SMILES string of the molecule is O=C(OP)c1ccc2c(c1)ncn2C1CCNCC1. The molecule has 5 nitrogen and oxygen atoms in total. The van der Waals surface area contributed by atoms with Crippen molar-refractivity contribution in [2.45, 2.75) is 18.9 Å². The van der Waals surface area contributed by atoms with E-state index in [1.165, 1.54) is 0 Å². The van der Waals surface area contributed by atoms with Crippen molar-refractivity contribution in [3.8, 4) is 0 Å². The Balaban J connectivity index is 1.97. The highest BCUT2D eigenvalue weighted by Crippen LogP contribution is 2.25. The van der Waals surface area contributed by atoms with Crippen LogP contribution in [-0.2, 0) is 4.52 Å². The number of carbonyl (C=O) groups excluding carboxylic acids is 1. The maximum absolute atomic E-state index is 11.5. The third-order valence-electron chi connectivity index (χ3n) is 3.62. The number of piperidine rings is 1. The summed E-state index contributed by atoms with van der Waals surface area (Å²) >= 11 is 0. The molecule has 6 heteroatoms. The van der Waals surface area contributed by atoms with Gasteiger partial charge in [0.2, 0.25) is 0 Å². The first kappa shape index (κ1) is 12.6. The summed E-state index contributed by atoms with van der Waals surface area (Å²) in [6, 6.07) is 6.00. The summed E-state index contributed by atoms with van der Waals surface area (Å²) in [5.41, 5.74) is 2.44. The van der Waals surface area contributed by atoms with E-state index in [-0.39, 0.29) is 5.97 Å². The maximum atomic E-state index is 11.5. The highest BCUT2D eigenvalue weighted by molar-refractivity contribution is 7.10. The number of fused-ring (bicyclic) bond motifs is 1. The molecule has 2 heterocycles. The Hall–Kier alpha value is -1.45. The van der Waals surface area contributed by atoms with Crippen LogP contribution < -0.4 is 5.32 Å². The van der Waals surface area contributed by atoms with Gasteiger partial charge in [0.25, 0.3) is 0 Å². The molecule has 0 radical (unpaired) electrons. The summed E-state index contributed by atoms with van der Waals surface area (Å²) in [6.45, 7) is 2.09. The molecular weight excluding hydrogens is 261 g/mol. The summed E-state index contributed by atoms with van der Waals surface area (Å²) in [5, 5.41) is 3.36. The van der Waals surface area contributed by atoms with Gasteiger partial charge in [0.15, 0.2) is 0 Å². The Morgan fingerprint density at radius 1 is 1.42 bits per heavy atom. The number of hydrogen-bond acceptors (Lipinski definition) is 4. The van der Waals surface area contributed by atoms with Crippen molar-refractivity contribution < 1.29 is 9.32 Å². The molecule has 1 unspecified atom stereocenters. The van der Waals surface area contributed by atoms with Crippen molar-refractivity contribution in [1.82, 2.24) is 14.9 Å². The van der Waals surface area contributed by atoms with Gasteiger partial charge in [-0.2, -0.15) is 0 Å². The molecular formula is C13H16N3O2P. The van der Waals surface area contributed by atoms with Gasteiger partial charge >= 0.3 is 5.97 Å². The molecule has 2 aromatic rings. The highest BCUT2D eigenvalue weighted by atomic mass is 31.0. The van der Waals surface area contributed by atoms with Crippen LogP contribution in [-0.4, -0.2) is 28.6 Å². The Morgan fingerprint density at radius 2 is 2.21 bits per heavy atom. The first-order valence-electron chi connectivity index (χ1n) is 6.38. The maximum Gasteiger partial charge on any atom is 0.340 e. The molecule has 1 fully saturated rings. The Kier molecular flexibility index (Phi) is 3.49. The van der Waals surface area contributed by atoms with E-state index in [0.717, 1.165) is 37.0 Å². The Morgan fingerprint density at radius 3 is 2.95 bits per heavy atom. The lowest BCUT2D eigenvalue weighted by molar-refractivity contribution is 0.0766. The molecule has 0 aliphatic carbocycles. The van der Waals surface area contributed by atoms with Crippen LogP contribution in [0.3, 0.4) is 0 Å². The molecule has 0 bridgehead atoms. The number of aromatic nitrogens is 2. The minimum absolute atomic E-state index is 0.358. The van der Waals surface area contributed by atoms with Crippen molar-refractivity contribution >= 4 is 26.5 Å². The van der Waals surface area contributed by atoms with Gasteiger partial charge in [-0.3, -0.25) is 0 Å². The van der Waals surface area contributed by atoms with E-state index in [4.69, 9.17) is 0 Å². The first-order valence-corrected chi connectivity index (χ1v) is 6.85. The normalized spacial score (nSPS) is 16.7. The average molecular weight is 277 g/mol. The predicted molar refractivity (Wildman–Crippen MR) is 76.0 cm³/mol. The third kappa shape index (κ3) is 2.36. The molecule has 1 aromatic carbocycles. The van der Waals surface area contributed by atoms with Crippen molar-refractivity contribution in [1.29, 1.82) is 0 Å². The standard InChI is InChI=1S/C13H16N3O2P/c17-13(18-19)9-1-2-12-11(7-9)15-8-16(12)10-3-5-14-6-4-10/h1-2,7-8,10,14H,3-6,19H2. The van der Waals surface area contributed by atoms with E-state index in [2.05, 4.69) is 19.4 Å². The minimum Gasteiger partial charge on any atom is -0.448 e. The molecule has 19 heavy (non-hydrogen) atoms. The largest absolute Gasteiger partial charge is 0.448 e. The van der Waals surface area contributed by atoms with E-state index >= 15 is 0 Å². The molecule has 1 saturated heterocycles. The van der Waals surface area contributed by atoms with Crippen LogP contribution in [0.25, 0.3) is 11.0 Å². The fourth-order valence-electron chi connectivity index (χ4n) is 2.60. The number of carbonyl (C=O) groups is 1. The van der Waals surface area contributed by atoms with Gasteiger partial charge in [0, 0.05) is 6.04 Å². The lowest BCUT2D eigenvalue weighted by Gasteiger charge is -2.24. The van der Waals surface area contributed by atoms with Crippen LogP contribution in [0, 0.1) is 0 Å². The monoisotopic (exact) mass is 277 g/mol. The summed E-state index contributed by atoms with van der Waals surface area (Å²) in [7, 11) is 1.97. The topological polar surface area (TPSA) is 56.1 Å². The zero-order valence-electron chi connectivity index (χ0n) is 10.5. The molecule has 1 atom stereocenters. The third-order valence-corrected chi connectivity index (χ3v) is 3.83. The Labute approximate surface area is 113 Å². The van der Waals surface area contributed by atoms with Gasteiger partial charge in [0.05, 0.1) is 32.4 Å². The van der Waals surface area contributed by atoms with E-state index in [1.807, 2.05) is 21.9 Å². The van der Waals surface area contributed by atoms with Gasteiger partial charge in [-0.05, 0) is 44.1 Å². The van der Waals surface area contributed by atoms with Gasteiger partial charge in [-0.1, -0.05) is 0 Å². The van der Waals surface area contributed by atoms with E-state index in [0.29, 0.717) is 11.6 Å². The van der Waals surface area contributed by atoms with E-state index < -0.39 is 0 Å². The predicted octanol–water partition coefficient (Wildman–Crippen LogP) is 1.91. The fourth-order valence-corrected chi connectivity index (χ4v) is 2.74. The molecule has 1 N–H and O–H groups in total. The van der Waals surface area contributed by atoms with Gasteiger partial charge in [-0.25, -0.2) is 9.78 Å². The van der Waals surface area contributed by atoms with Crippen molar-refractivity contribution in [2.75, 3.05) is 13.1 Å². The second-order valence-corrected chi connectivity index (χ2v) is 4.98. The number of imidazole rings is 1. The van der Waals surface area contributed by atoms with Crippen molar-refractivity contribution in [3.05, 3.63) is 30.1 Å². The fraction of sp³-hybridized carbons (Fsp3) is 0.385. The van der Waals surface area contributed by atoms with Crippen molar-refractivity contribution in [2.24, 2.45) is 0 Å². The summed E-state index contributed by atoms with van der Waals surface area (Å²) < 4.78 is 6.86. The zero-order chi connectivity index (χ0) is 13.2. The molecule has 1 aromatic heterocycles. The van der Waals surface area contributed by atoms with Crippen LogP contribution in [0.1, 0.15) is 29.2 Å². The zero-order valence-corrected chi connectivity index (χ0v) is 11.7. The molecule has 100 valence electrons. The lowest BCUT2D eigenvalue weighted by atomic mass is 10.1. The number of hydrogen-bond donors (Lipinski definition) is 1. The Bertz CT molecular complexity index is 605. The van der Waals surface area contributed by atoms with Crippen molar-refractivity contribution in [3.63, 3.8) is 0 Å². The smallest absolute Gasteiger partial charge is 0.340 e. The molecule has 0 spiro atoms. The number of rotatable bonds is 2. The summed E-state index contributed by atoms with van der Waals surface area (Å²) in [6.07, 6.45) is 4.10. The van der Waals surface area contributed by atoms with E-state index in [9.17, 15) is 4.79 Å². The van der Waals surface area contributed by atoms with Gasteiger partial charge in [-0.15, -0.1) is 0 Å². The number of benzene rings is 1. The van der Waals surface area contributed by atoms with Crippen LogP contribution in [0.15, 0.2) is 24.5 Å². The molecule has 1 aliphatic rings. The van der Waals surface area contributed by atoms with Crippen LogP contribution in [0.5, 0.6) is 0 Å². The van der Waals surface area contributed by atoms with E-state index in [1.54, 1.807) is 12.1 Å². The van der Waals surface area contributed by atoms with Crippen LogP contribution in [0.2, 0.25) is 0 Å². The summed E-state index contributed by atoms with van der Waals surface area (Å²) in [4.78, 5) is 15.9. The second-order valence-electron chi connectivity index (χ2n) is 4.74. The van der Waals surface area contributed by atoms with Crippen LogP contribution >= 0.6 is 9.47 Å². The van der Waals surface area contributed by atoms with Crippen LogP contribution in [0.4, 0.5) is 0 Å². The van der Waals surface area contributed by atoms with Gasteiger partial charge < -0.3 is 14.4 Å². The number of nitrogens with zero attached hydrogens (tertiary/aromatic N) is 2. The number of nitrogens with one attached hydrogen (secondary N) is 1.